The van der Waals surface area contributed by atoms with Gasteiger partial charge in [0.25, 0.3) is 0 Å². The quantitative estimate of drug-likeness (QED) is 0.713. The van der Waals surface area contributed by atoms with Crippen LogP contribution in [-0.4, -0.2) is 5.78 Å². The molecule has 0 bridgehead atoms. The molecule has 0 aliphatic heterocycles. The molecule has 3 rings (SSSR count). The number of ketones is 1. The third-order valence-corrected chi connectivity index (χ3v) is 4.09. The maximum Gasteiger partial charge on any atom is 0.159 e. The van der Waals surface area contributed by atoms with E-state index in [0.717, 1.165) is 11.1 Å². The molecule has 0 atom stereocenters. The predicted molar refractivity (Wildman–Crippen MR) is 78.5 cm³/mol. The number of carbonyl (C=O) groups is 1. The van der Waals surface area contributed by atoms with Gasteiger partial charge in [0, 0.05) is 5.56 Å². The number of benzene rings is 2. The van der Waals surface area contributed by atoms with Crippen molar-refractivity contribution in [1.29, 1.82) is 0 Å². The standard InChI is InChI=1S/C18H18O/c1-13(19)15-8-5-9-16(12-15)18-11-3-2-10-17(18)14-6-4-7-14/h2-3,5,8-12,14H,4,6-7H2,1H3. The lowest BCUT2D eigenvalue weighted by Gasteiger charge is -2.28. The minimum atomic E-state index is 0.128. The van der Waals surface area contributed by atoms with E-state index < -0.39 is 0 Å². The van der Waals surface area contributed by atoms with Crippen molar-refractivity contribution >= 4 is 5.78 Å². The highest BCUT2D eigenvalue weighted by Gasteiger charge is 2.22. The Kier molecular flexibility index (Phi) is 3.20. The van der Waals surface area contributed by atoms with Gasteiger partial charge in [-0.1, -0.05) is 48.9 Å². The average molecular weight is 250 g/mol. The number of rotatable bonds is 3. The summed E-state index contributed by atoms with van der Waals surface area (Å²) in [6.45, 7) is 1.62. The van der Waals surface area contributed by atoms with E-state index in [1.165, 1.54) is 30.4 Å². The van der Waals surface area contributed by atoms with Crippen molar-refractivity contribution in [3.05, 3.63) is 59.7 Å². The van der Waals surface area contributed by atoms with E-state index in [9.17, 15) is 4.79 Å². The van der Waals surface area contributed by atoms with Crippen LogP contribution in [0.4, 0.5) is 0 Å². The van der Waals surface area contributed by atoms with Crippen LogP contribution in [0.3, 0.4) is 0 Å². The Morgan fingerprint density at radius 2 is 1.84 bits per heavy atom. The van der Waals surface area contributed by atoms with Gasteiger partial charge in [0.2, 0.25) is 0 Å². The third kappa shape index (κ3) is 2.33. The zero-order valence-electron chi connectivity index (χ0n) is 11.2. The number of hydrogen-bond acceptors (Lipinski definition) is 1. The van der Waals surface area contributed by atoms with E-state index in [4.69, 9.17) is 0 Å². The summed E-state index contributed by atoms with van der Waals surface area (Å²) in [5, 5.41) is 0. The fourth-order valence-electron chi connectivity index (χ4n) is 2.74. The molecule has 1 nitrogen and oxygen atoms in total. The van der Waals surface area contributed by atoms with Crippen LogP contribution in [-0.2, 0) is 0 Å². The maximum atomic E-state index is 11.5. The molecule has 0 saturated heterocycles. The van der Waals surface area contributed by atoms with Crippen molar-refractivity contribution in [2.75, 3.05) is 0 Å². The smallest absolute Gasteiger partial charge is 0.159 e. The molecule has 96 valence electrons. The Labute approximate surface area is 114 Å². The summed E-state index contributed by atoms with van der Waals surface area (Å²) in [5.74, 6) is 0.833. The Morgan fingerprint density at radius 1 is 1.05 bits per heavy atom. The highest BCUT2D eigenvalue weighted by atomic mass is 16.1. The molecule has 2 aromatic carbocycles. The molecule has 1 aliphatic rings. The average Bonchev–Trinajstić information content (AvgIpc) is 2.37. The molecule has 1 heteroatoms. The van der Waals surface area contributed by atoms with E-state index >= 15 is 0 Å². The summed E-state index contributed by atoms with van der Waals surface area (Å²) in [7, 11) is 0. The van der Waals surface area contributed by atoms with Crippen LogP contribution in [0.15, 0.2) is 48.5 Å². The summed E-state index contributed by atoms with van der Waals surface area (Å²) < 4.78 is 0. The highest BCUT2D eigenvalue weighted by molar-refractivity contribution is 5.95. The molecule has 1 aliphatic carbocycles. The van der Waals surface area contributed by atoms with Gasteiger partial charge in [0.15, 0.2) is 5.78 Å². The predicted octanol–water partition coefficient (Wildman–Crippen LogP) is 4.82. The van der Waals surface area contributed by atoms with E-state index in [1.54, 1.807) is 6.92 Å². The fraction of sp³-hybridized carbons (Fsp3) is 0.278. The molecule has 19 heavy (non-hydrogen) atoms. The van der Waals surface area contributed by atoms with Crippen LogP contribution in [0.25, 0.3) is 11.1 Å². The molecule has 0 radical (unpaired) electrons. The van der Waals surface area contributed by atoms with Gasteiger partial charge in [-0.3, -0.25) is 4.79 Å². The second-order valence-electron chi connectivity index (χ2n) is 5.35. The lowest BCUT2D eigenvalue weighted by atomic mass is 9.77. The SMILES string of the molecule is CC(=O)c1cccc(-c2ccccc2C2CCC2)c1. The van der Waals surface area contributed by atoms with Crippen molar-refractivity contribution < 1.29 is 4.79 Å². The summed E-state index contributed by atoms with van der Waals surface area (Å²) >= 11 is 0. The van der Waals surface area contributed by atoms with Crippen LogP contribution < -0.4 is 0 Å². The Hall–Kier alpha value is -1.89. The molecule has 0 aromatic heterocycles. The van der Waals surface area contributed by atoms with Gasteiger partial charge >= 0.3 is 0 Å². The van der Waals surface area contributed by atoms with Crippen molar-refractivity contribution in [2.45, 2.75) is 32.1 Å². The van der Waals surface area contributed by atoms with Crippen molar-refractivity contribution in [2.24, 2.45) is 0 Å². The maximum absolute atomic E-state index is 11.5. The van der Waals surface area contributed by atoms with E-state index in [2.05, 4.69) is 30.3 Å². The first-order valence-corrected chi connectivity index (χ1v) is 6.96. The fourth-order valence-corrected chi connectivity index (χ4v) is 2.74. The van der Waals surface area contributed by atoms with Gasteiger partial charge in [-0.05, 0) is 48.4 Å². The van der Waals surface area contributed by atoms with Gasteiger partial charge in [0.05, 0.1) is 0 Å². The lowest BCUT2D eigenvalue weighted by molar-refractivity contribution is 0.101. The largest absolute Gasteiger partial charge is 0.295 e. The van der Waals surface area contributed by atoms with Gasteiger partial charge in [-0.25, -0.2) is 0 Å². The van der Waals surface area contributed by atoms with Crippen LogP contribution in [0.5, 0.6) is 0 Å². The molecular formula is C18H18O. The van der Waals surface area contributed by atoms with Gasteiger partial charge in [0.1, 0.15) is 0 Å². The number of carbonyl (C=O) groups excluding carboxylic acids is 1. The van der Waals surface area contributed by atoms with Crippen LogP contribution in [0, 0.1) is 0 Å². The Morgan fingerprint density at radius 3 is 2.53 bits per heavy atom. The summed E-state index contributed by atoms with van der Waals surface area (Å²) in [6.07, 6.45) is 3.93. The summed E-state index contributed by atoms with van der Waals surface area (Å²) in [4.78, 5) is 11.5. The molecule has 1 fully saturated rings. The number of hydrogen-bond donors (Lipinski definition) is 0. The van der Waals surface area contributed by atoms with Crippen LogP contribution >= 0.6 is 0 Å². The molecule has 0 spiro atoms. The minimum Gasteiger partial charge on any atom is -0.295 e. The van der Waals surface area contributed by atoms with E-state index in [0.29, 0.717) is 5.92 Å². The molecule has 0 amide bonds. The number of Topliss-reactive ketones (excluding diaryl/α,β-unsaturated/α-hetero) is 1. The zero-order valence-corrected chi connectivity index (χ0v) is 11.2. The molecule has 1 saturated carbocycles. The molecule has 0 N–H and O–H groups in total. The van der Waals surface area contributed by atoms with Gasteiger partial charge in [-0.15, -0.1) is 0 Å². The summed E-state index contributed by atoms with van der Waals surface area (Å²) in [5.41, 5.74) is 4.68. The third-order valence-electron chi connectivity index (χ3n) is 4.09. The van der Waals surface area contributed by atoms with Crippen molar-refractivity contribution in [1.82, 2.24) is 0 Å². The van der Waals surface area contributed by atoms with Crippen LogP contribution in [0.2, 0.25) is 0 Å². The van der Waals surface area contributed by atoms with Gasteiger partial charge < -0.3 is 0 Å². The highest BCUT2D eigenvalue weighted by Crippen LogP contribution is 2.41. The first-order chi connectivity index (χ1) is 9.25. The Bertz CT molecular complexity index is 609. The van der Waals surface area contributed by atoms with Crippen LogP contribution in [0.1, 0.15) is 48.0 Å². The second-order valence-corrected chi connectivity index (χ2v) is 5.35. The van der Waals surface area contributed by atoms with Crippen molar-refractivity contribution in [3.63, 3.8) is 0 Å². The monoisotopic (exact) mass is 250 g/mol. The molecular weight excluding hydrogens is 232 g/mol. The second kappa shape index (κ2) is 5.00. The zero-order chi connectivity index (χ0) is 13.2. The normalized spacial score (nSPS) is 15.0. The van der Waals surface area contributed by atoms with E-state index in [-0.39, 0.29) is 5.78 Å². The summed E-state index contributed by atoms with van der Waals surface area (Å²) in [6, 6.07) is 16.6. The topological polar surface area (TPSA) is 17.1 Å². The minimum absolute atomic E-state index is 0.128. The lowest BCUT2D eigenvalue weighted by Crippen LogP contribution is -2.09. The first-order valence-electron chi connectivity index (χ1n) is 6.96. The van der Waals surface area contributed by atoms with Crippen molar-refractivity contribution in [3.8, 4) is 11.1 Å². The molecule has 2 aromatic rings. The Balaban J connectivity index is 2.06. The first kappa shape index (κ1) is 12.2. The van der Waals surface area contributed by atoms with Gasteiger partial charge in [-0.2, -0.15) is 0 Å². The van der Waals surface area contributed by atoms with E-state index in [1.807, 2.05) is 18.2 Å². The molecule has 0 unspecified atom stereocenters. The molecule has 0 heterocycles.